The lowest BCUT2D eigenvalue weighted by atomic mass is 10.2. The number of rotatable bonds is 10. The summed E-state index contributed by atoms with van der Waals surface area (Å²) in [7, 11) is -3.76. The minimum atomic E-state index is -3.76. The average Bonchev–Trinajstić information content (AvgIpc) is 3.25. The van der Waals surface area contributed by atoms with Crippen molar-refractivity contribution in [3.63, 3.8) is 0 Å². The molecule has 2 rings (SSSR count). The van der Waals surface area contributed by atoms with E-state index in [0.29, 0.717) is 24.0 Å². The van der Waals surface area contributed by atoms with E-state index in [1.165, 1.54) is 0 Å². The van der Waals surface area contributed by atoms with Crippen LogP contribution in [-0.4, -0.2) is 33.6 Å². The summed E-state index contributed by atoms with van der Waals surface area (Å²) in [6.07, 6.45) is 2.72. The number of thiophene rings is 2. The van der Waals surface area contributed by atoms with Gasteiger partial charge in [-0.25, -0.2) is 18.0 Å². The van der Waals surface area contributed by atoms with Gasteiger partial charge in [-0.15, -0.1) is 22.7 Å². The number of sulfone groups is 1. The van der Waals surface area contributed by atoms with Gasteiger partial charge in [0.25, 0.3) is 0 Å². The number of hydrogen-bond donors (Lipinski definition) is 0. The van der Waals surface area contributed by atoms with Gasteiger partial charge in [0, 0.05) is 25.0 Å². The first-order chi connectivity index (χ1) is 13.7. The Morgan fingerprint density at radius 3 is 1.62 bits per heavy atom. The third-order valence-electron chi connectivity index (χ3n) is 4.14. The third kappa shape index (κ3) is 5.43. The van der Waals surface area contributed by atoms with E-state index in [9.17, 15) is 18.0 Å². The maximum absolute atomic E-state index is 13.4. The Morgan fingerprint density at radius 1 is 0.897 bits per heavy atom. The van der Waals surface area contributed by atoms with Crippen LogP contribution in [0.25, 0.3) is 0 Å². The van der Waals surface area contributed by atoms with Gasteiger partial charge in [0.2, 0.25) is 9.84 Å². The minimum absolute atomic E-state index is 0.0682. The molecule has 0 aliphatic carbocycles. The molecule has 0 N–H and O–H groups in total. The highest BCUT2D eigenvalue weighted by Gasteiger charge is 2.29. The molecule has 2 aromatic rings. The van der Waals surface area contributed by atoms with Gasteiger partial charge >= 0.3 is 11.9 Å². The summed E-state index contributed by atoms with van der Waals surface area (Å²) in [6, 6.07) is 0. The van der Waals surface area contributed by atoms with E-state index >= 15 is 0 Å². The number of aryl methyl sites for hydroxylation is 2. The number of hydrogen-bond acceptors (Lipinski definition) is 8. The second-order valence-electron chi connectivity index (χ2n) is 6.12. The smallest absolute Gasteiger partial charge is 0.330 e. The molecule has 0 unspecified atom stereocenters. The van der Waals surface area contributed by atoms with Crippen LogP contribution in [0, 0.1) is 13.8 Å². The summed E-state index contributed by atoms with van der Waals surface area (Å²) in [4.78, 5) is 22.5. The van der Waals surface area contributed by atoms with E-state index in [-0.39, 0.29) is 21.6 Å². The Morgan fingerprint density at radius 2 is 1.28 bits per heavy atom. The van der Waals surface area contributed by atoms with Gasteiger partial charge in [0.1, 0.15) is 8.42 Å². The second-order valence-corrected chi connectivity index (χ2v) is 10.2. The Hall–Kier alpha value is -2.23. The van der Waals surface area contributed by atoms with E-state index in [0.717, 1.165) is 46.0 Å². The normalized spacial score (nSPS) is 11.1. The second kappa shape index (κ2) is 10.00. The van der Waals surface area contributed by atoms with Crippen LogP contribution in [0.3, 0.4) is 0 Å². The van der Waals surface area contributed by atoms with Crippen molar-refractivity contribution in [3.8, 4) is 0 Å². The summed E-state index contributed by atoms with van der Waals surface area (Å²) in [6.45, 7) is 10.5. The molecular formula is C20H22O6S3. The summed E-state index contributed by atoms with van der Waals surface area (Å²) in [5.74, 6) is -1.10. The lowest BCUT2D eigenvalue weighted by Crippen LogP contribution is -2.10. The average molecular weight is 455 g/mol. The first-order valence-electron chi connectivity index (χ1n) is 8.69. The van der Waals surface area contributed by atoms with Crippen LogP contribution in [0.15, 0.2) is 44.5 Å². The van der Waals surface area contributed by atoms with Crippen LogP contribution in [0.5, 0.6) is 0 Å². The zero-order valence-corrected chi connectivity index (χ0v) is 18.7. The molecule has 2 heterocycles. The fraction of sp³-hybridized carbons (Fsp3) is 0.300. The van der Waals surface area contributed by atoms with Crippen molar-refractivity contribution in [2.45, 2.75) is 35.1 Å². The van der Waals surface area contributed by atoms with Crippen LogP contribution in [-0.2, 0) is 41.7 Å². The minimum Gasteiger partial charge on any atom is -0.462 e. The molecular weight excluding hydrogens is 432 g/mol. The van der Waals surface area contributed by atoms with Gasteiger partial charge in [0.15, 0.2) is 0 Å². The van der Waals surface area contributed by atoms with Gasteiger partial charge in [0.05, 0.1) is 13.2 Å². The Bertz CT molecular complexity index is 951. The summed E-state index contributed by atoms with van der Waals surface area (Å²) in [5, 5.41) is 3.56. The van der Waals surface area contributed by atoms with Crippen LogP contribution in [0.2, 0.25) is 0 Å². The van der Waals surface area contributed by atoms with Crippen molar-refractivity contribution < 1.29 is 27.5 Å². The molecule has 0 fully saturated rings. The number of carbonyl (C=O) groups excluding carboxylic acids is 2. The van der Waals surface area contributed by atoms with Gasteiger partial charge in [-0.1, -0.05) is 13.2 Å². The number of carbonyl (C=O) groups is 2. The first-order valence-corrected chi connectivity index (χ1v) is 11.9. The molecule has 2 aromatic heterocycles. The molecule has 29 heavy (non-hydrogen) atoms. The molecule has 0 saturated carbocycles. The summed E-state index contributed by atoms with van der Waals surface area (Å²) >= 11 is 2.30. The topological polar surface area (TPSA) is 86.7 Å². The molecule has 9 heteroatoms. The molecule has 156 valence electrons. The van der Waals surface area contributed by atoms with Crippen LogP contribution in [0.4, 0.5) is 0 Å². The van der Waals surface area contributed by atoms with Gasteiger partial charge in [-0.2, -0.15) is 0 Å². The third-order valence-corrected chi connectivity index (χ3v) is 9.37. The van der Waals surface area contributed by atoms with E-state index in [4.69, 9.17) is 9.47 Å². The van der Waals surface area contributed by atoms with Crippen LogP contribution >= 0.6 is 22.7 Å². The van der Waals surface area contributed by atoms with E-state index in [2.05, 4.69) is 13.2 Å². The summed E-state index contributed by atoms with van der Waals surface area (Å²) in [5.41, 5.74) is 2.94. The Labute approximate surface area is 178 Å². The SMILES string of the molecule is C=CC(=O)OCCc1c(C)csc1S(=O)(=O)c1scc(C)c1CCOC(=O)C=C. The molecule has 0 aliphatic heterocycles. The molecule has 0 aromatic carbocycles. The molecule has 6 nitrogen and oxygen atoms in total. The molecule has 0 amide bonds. The van der Waals surface area contributed by atoms with Gasteiger partial charge in [-0.05, 0) is 46.9 Å². The van der Waals surface area contributed by atoms with E-state index in [1.807, 2.05) is 13.8 Å². The molecule has 0 aliphatic rings. The fourth-order valence-corrected chi connectivity index (χ4v) is 7.62. The first kappa shape index (κ1) is 23.1. The lowest BCUT2D eigenvalue weighted by Gasteiger charge is -2.09. The molecule has 0 radical (unpaired) electrons. The number of ether oxygens (including phenoxy) is 2. The van der Waals surface area contributed by atoms with Gasteiger partial charge < -0.3 is 9.47 Å². The largest absolute Gasteiger partial charge is 0.462 e. The Kier molecular flexibility index (Phi) is 7.95. The molecule has 0 atom stereocenters. The van der Waals surface area contributed by atoms with Gasteiger partial charge in [-0.3, -0.25) is 0 Å². The highest BCUT2D eigenvalue weighted by atomic mass is 32.3. The van der Waals surface area contributed by atoms with Crippen molar-refractivity contribution in [2.75, 3.05) is 13.2 Å². The van der Waals surface area contributed by atoms with Crippen LogP contribution in [0.1, 0.15) is 22.3 Å². The predicted molar refractivity (Wildman–Crippen MR) is 113 cm³/mol. The number of esters is 2. The van der Waals surface area contributed by atoms with E-state index < -0.39 is 21.8 Å². The van der Waals surface area contributed by atoms with Crippen LogP contribution < -0.4 is 0 Å². The van der Waals surface area contributed by atoms with Crippen molar-refractivity contribution in [1.29, 1.82) is 0 Å². The zero-order valence-electron chi connectivity index (χ0n) is 16.2. The fourth-order valence-electron chi connectivity index (χ4n) is 2.65. The van der Waals surface area contributed by atoms with Crippen molar-refractivity contribution >= 4 is 44.4 Å². The highest BCUT2D eigenvalue weighted by molar-refractivity contribution is 7.95. The maximum atomic E-state index is 13.4. The highest BCUT2D eigenvalue weighted by Crippen LogP contribution is 2.37. The molecule has 0 spiro atoms. The quantitative estimate of drug-likeness (QED) is 0.401. The predicted octanol–water partition coefficient (Wildman–Crippen LogP) is 3.80. The maximum Gasteiger partial charge on any atom is 0.330 e. The van der Waals surface area contributed by atoms with Crippen molar-refractivity contribution in [1.82, 2.24) is 0 Å². The van der Waals surface area contributed by atoms with Crippen molar-refractivity contribution in [2.24, 2.45) is 0 Å². The summed E-state index contributed by atoms with van der Waals surface area (Å²) < 4.78 is 37.3. The van der Waals surface area contributed by atoms with E-state index in [1.54, 1.807) is 10.8 Å². The monoisotopic (exact) mass is 454 g/mol. The molecule has 0 bridgehead atoms. The lowest BCUT2D eigenvalue weighted by molar-refractivity contribution is -0.138. The Balaban J connectivity index is 2.30. The standard InChI is InChI=1S/C20H22O6S3/c1-5-17(21)25-9-7-15-13(3)11-27-19(15)29(23,24)20-16(14(4)12-28-20)8-10-26-18(22)6-2/h5-6,11-12H,1-2,7-10H2,3-4H3. The zero-order chi connectivity index (χ0) is 21.6. The molecule has 0 saturated heterocycles. The van der Waals surface area contributed by atoms with Crippen molar-refractivity contribution in [3.05, 3.63) is 58.3 Å².